The van der Waals surface area contributed by atoms with E-state index in [4.69, 9.17) is 4.74 Å². The summed E-state index contributed by atoms with van der Waals surface area (Å²) in [5.74, 6) is -0.896. The maximum Gasteiger partial charge on any atom is 0.217 e. The van der Waals surface area contributed by atoms with Gasteiger partial charge >= 0.3 is 0 Å². The van der Waals surface area contributed by atoms with E-state index in [1.165, 1.54) is 19.1 Å². The van der Waals surface area contributed by atoms with Crippen LogP contribution in [-0.2, 0) is 18.3 Å². The van der Waals surface area contributed by atoms with Crippen LogP contribution in [0.15, 0.2) is 48.7 Å². The SMILES string of the molecule is CC(=O)N[C@@H](Cc1cc(F)cc(F)c1)[C@@H](O)CN[C@H]1CC2(CCC2)Oc2ccc(-c3ccn(C)n3)cc21. The highest BCUT2D eigenvalue weighted by molar-refractivity contribution is 5.73. The van der Waals surface area contributed by atoms with Crippen molar-refractivity contribution in [3.05, 3.63) is 71.4 Å². The van der Waals surface area contributed by atoms with Crippen LogP contribution in [0.5, 0.6) is 5.75 Å². The first-order valence-corrected chi connectivity index (χ1v) is 12.7. The number of aryl methyl sites for hydroxylation is 1. The lowest BCUT2D eigenvalue weighted by Crippen LogP contribution is -2.52. The summed E-state index contributed by atoms with van der Waals surface area (Å²) in [6.45, 7) is 1.53. The van der Waals surface area contributed by atoms with Gasteiger partial charge in [-0.25, -0.2) is 8.78 Å². The highest BCUT2D eigenvalue weighted by Crippen LogP contribution is 2.49. The molecule has 0 bridgehead atoms. The van der Waals surface area contributed by atoms with Crippen LogP contribution in [-0.4, -0.2) is 45.1 Å². The number of aliphatic hydroxyl groups is 1. The summed E-state index contributed by atoms with van der Waals surface area (Å²) >= 11 is 0. The van der Waals surface area contributed by atoms with Crippen LogP contribution in [0, 0.1) is 11.6 Å². The summed E-state index contributed by atoms with van der Waals surface area (Å²) in [5, 5.41) is 21.8. The molecule has 0 unspecified atom stereocenters. The van der Waals surface area contributed by atoms with Crippen molar-refractivity contribution < 1.29 is 23.4 Å². The minimum Gasteiger partial charge on any atom is -0.487 e. The molecule has 3 atom stereocenters. The van der Waals surface area contributed by atoms with E-state index in [2.05, 4.69) is 21.8 Å². The van der Waals surface area contributed by atoms with Crippen molar-refractivity contribution in [1.82, 2.24) is 20.4 Å². The van der Waals surface area contributed by atoms with Gasteiger partial charge in [0.1, 0.15) is 23.0 Å². The van der Waals surface area contributed by atoms with Gasteiger partial charge in [0.2, 0.25) is 5.91 Å². The number of carbonyl (C=O) groups is 1. The molecule has 2 aliphatic rings. The molecular formula is C28H32F2N4O3. The predicted molar refractivity (Wildman–Crippen MR) is 135 cm³/mol. The Morgan fingerprint density at radius 1 is 1.22 bits per heavy atom. The van der Waals surface area contributed by atoms with Gasteiger partial charge in [-0.3, -0.25) is 9.48 Å². The highest BCUT2D eigenvalue weighted by Gasteiger charge is 2.45. The van der Waals surface area contributed by atoms with Gasteiger partial charge in [0.05, 0.1) is 17.8 Å². The fourth-order valence-corrected chi connectivity index (χ4v) is 5.39. The van der Waals surface area contributed by atoms with Crippen molar-refractivity contribution >= 4 is 5.91 Å². The lowest BCUT2D eigenvalue weighted by molar-refractivity contribution is -0.120. The Morgan fingerprint density at radius 2 is 1.97 bits per heavy atom. The van der Waals surface area contributed by atoms with Gasteiger partial charge in [0.15, 0.2) is 0 Å². The fourth-order valence-electron chi connectivity index (χ4n) is 5.39. The van der Waals surface area contributed by atoms with E-state index in [9.17, 15) is 18.7 Å². The van der Waals surface area contributed by atoms with Crippen LogP contribution < -0.4 is 15.4 Å². The zero-order valence-electron chi connectivity index (χ0n) is 21.0. The van der Waals surface area contributed by atoms with Crippen molar-refractivity contribution in [3.8, 4) is 17.0 Å². The molecule has 37 heavy (non-hydrogen) atoms. The Morgan fingerprint density at radius 3 is 2.59 bits per heavy atom. The smallest absolute Gasteiger partial charge is 0.217 e. The summed E-state index contributed by atoms with van der Waals surface area (Å²) in [6.07, 6.45) is 4.84. The number of hydrogen-bond acceptors (Lipinski definition) is 5. The Kier molecular flexibility index (Phi) is 7.00. The molecule has 5 rings (SSSR count). The van der Waals surface area contributed by atoms with E-state index in [0.29, 0.717) is 5.56 Å². The molecule has 2 heterocycles. The fraction of sp³-hybridized carbons (Fsp3) is 0.429. The molecule has 1 saturated carbocycles. The standard InChI is InChI=1S/C28H32F2N4O3/c1-17(35)32-24(12-18-10-20(29)14-21(30)11-18)26(36)16-31-25-15-28(7-3-8-28)37-27-5-4-19(13-22(25)27)23-6-9-34(2)33-23/h4-6,9-11,13-14,24-26,31,36H,3,7-8,12,15-16H2,1-2H3,(H,32,35)/t24-,25-,26-/m0/s1. The molecule has 0 radical (unpaired) electrons. The number of rotatable bonds is 8. The van der Waals surface area contributed by atoms with Crippen LogP contribution in [0.3, 0.4) is 0 Å². The largest absolute Gasteiger partial charge is 0.487 e. The summed E-state index contributed by atoms with van der Waals surface area (Å²) in [4.78, 5) is 11.8. The molecule has 1 amide bonds. The number of nitrogens with one attached hydrogen (secondary N) is 2. The summed E-state index contributed by atoms with van der Waals surface area (Å²) in [6, 6.07) is 10.5. The van der Waals surface area contributed by atoms with E-state index in [-0.39, 0.29) is 30.5 Å². The van der Waals surface area contributed by atoms with Crippen molar-refractivity contribution in [2.45, 2.75) is 62.8 Å². The molecule has 0 saturated heterocycles. The van der Waals surface area contributed by atoms with Crippen LogP contribution in [0.25, 0.3) is 11.3 Å². The average molecular weight is 511 g/mol. The van der Waals surface area contributed by atoms with Gasteiger partial charge in [-0.05, 0) is 67.6 Å². The van der Waals surface area contributed by atoms with Crippen molar-refractivity contribution in [3.63, 3.8) is 0 Å². The van der Waals surface area contributed by atoms with Crippen LogP contribution in [0.1, 0.15) is 49.8 Å². The van der Waals surface area contributed by atoms with Crippen LogP contribution in [0.2, 0.25) is 0 Å². The third-order valence-electron chi connectivity index (χ3n) is 7.37. The molecule has 2 aromatic carbocycles. The first-order valence-electron chi connectivity index (χ1n) is 12.7. The van der Waals surface area contributed by atoms with E-state index in [1.807, 2.05) is 31.4 Å². The minimum absolute atomic E-state index is 0.0769. The van der Waals surface area contributed by atoms with Gasteiger partial charge in [-0.2, -0.15) is 5.10 Å². The first kappa shape index (κ1) is 25.4. The third-order valence-corrected chi connectivity index (χ3v) is 7.37. The van der Waals surface area contributed by atoms with Crippen molar-refractivity contribution in [2.75, 3.05) is 6.54 Å². The van der Waals surface area contributed by atoms with Gasteiger partial charge in [-0.15, -0.1) is 0 Å². The molecule has 1 fully saturated rings. The molecular weight excluding hydrogens is 478 g/mol. The number of aliphatic hydroxyl groups excluding tert-OH is 1. The number of amides is 1. The topological polar surface area (TPSA) is 88.4 Å². The Balaban J connectivity index is 1.35. The predicted octanol–water partition coefficient (Wildman–Crippen LogP) is 3.81. The number of carbonyl (C=O) groups excluding carboxylic acids is 1. The van der Waals surface area contributed by atoms with Gasteiger partial charge in [-0.1, -0.05) is 0 Å². The Labute approximate surface area is 214 Å². The second-order valence-corrected chi connectivity index (χ2v) is 10.3. The van der Waals surface area contributed by atoms with Crippen LogP contribution in [0.4, 0.5) is 8.78 Å². The lowest BCUT2D eigenvalue weighted by atomic mass is 9.72. The summed E-state index contributed by atoms with van der Waals surface area (Å²) < 4.78 is 35.6. The second kappa shape index (κ2) is 10.2. The molecule has 3 aromatic rings. The number of halogens is 2. The monoisotopic (exact) mass is 510 g/mol. The number of ether oxygens (including phenoxy) is 1. The number of hydrogen-bond donors (Lipinski definition) is 3. The molecule has 7 nitrogen and oxygen atoms in total. The van der Waals surface area contributed by atoms with Gasteiger partial charge < -0.3 is 20.5 Å². The molecule has 1 spiro atoms. The molecule has 1 aliphatic heterocycles. The van der Waals surface area contributed by atoms with E-state index in [0.717, 1.165) is 54.3 Å². The number of aromatic nitrogens is 2. The maximum absolute atomic E-state index is 13.7. The number of fused-ring (bicyclic) bond motifs is 1. The second-order valence-electron chi connectivity index (χ2n) is 10.3. The van der Waals surface area contributed by atoms with E-state index >= 15 is 0 Å². The lowest BCUT2D eigenvalue weighted by Gasteiger charge is -2.48. The number of nitrogens with zero attached hydrogens (tertiary/aromatic N) is 2. The van der Waals surface area contributed by atoms with E-state index < -0.39 is 23.8 Å². The molecule has 196 valence electrons. The van der Waals surface area contributed by atoms with Crippen molar-refractivity contribution in [1.29, 1.82) is 0 Å². The van der Waals surface area contributed by atoms with Crippen molar-refractivity contribution in [2.24, 2.45) is 7.05 Å². The summed E-state index contributed by atoms with van der Waals surface area (Å²) in [7, 11) is 1.88. The maximum atomic E-state index is 13.7. The van der Waals surface area contributed by atoms with Gasteiger partial charge in [0, 0.05) is 56.4 Å². The van der Waals surface area contributed by atoms with Crippen LogP contribution >= 0.6 is 0 Å². The highest BCUT2D eigenvalue weighted by atomic mass is 19.1. The van der Waals surface area contributed by atoms with Gasteiger partial charge in [0.25, 0.3) is 0 Å². The third kappa shape index (κ3) is 5.67. The first-order chi connectivity index (χ1) is 17.7. The normalized spacial score (nSPS) is 19.4. The summed E-state index contributed by atoms with van der Waals surface area (Å²) in [5.41, 5.74) is 2.99. The molecule has 1 aliphatic carbocycles. The zero-order chi connectivity index (χ0) is 26.2. The minimum atomic E-state index is -0.988. The Hall–Kier alpha value is -3.30. The molecule has 9 heteroatoms. The average Bonchev–Trinajstić information content (AvgIpc) is 3.25. The quantitative estimate of drug-likeness (QED) is 0.429. The zero-order valence-corrected chi connectivity index (χ0v) is 21.0. The molecule has 1 aromatic heterocycles. The Bertz CT molecular complexity index is 1270. The van der Waals surface area contributed by atoms with E-state index in [1.54, 1.807) is 4.68 Å². The molecule has 3 N–H and O–H groups in total. The number of benzene rings is 2.